The minimum absolute atomic E-state index is 0.0831. The summed E-state index contributed by atoms with van der Waals surface area (Å²) in [5.74, 6) is 0.869. The van der Waals surface area contributed by atoms with Crippen molar-refractivity contribution in [3.05, 3.63) is 59.7 Å². The van der Waals surface area contributed by atoms with Gasteiger partial charge >= 0.3 is 0 Å². The van der Waals surface area contributed by atoms with Gasteiger partial charge in [0.2, 0.25) is 5.91 Å². The maximum atomic E-state index is 12.5. The second-order valence-corrected chi connectivity index (χ2v) is 6.36. The molecule has 0 saturated heterocycles. The lowest BCUT2D eigenvalue weighted by Gasteiger charge is -2.23. The van der Waals surface area contributed by atoms with Crippen LogP contribution in [-0.4, -0.2) is 36.8 Å². The number of carbonyl (C=O) groups is 2. The van der Waals surface area contributed by atoms with Gasteiger partial charge in [-0.1, -0.05) is 36.4 Å². The number of nitrogens with one attached hydrogen (secondary N) is 1. The zero-order chi connectivity index (χ0) is 19.9. The van der Waals surface area contributed by atoms with Crippen LogP contribution in [0.25, 0.3) is 0 Å². The van der Waals surface area contributed by atoms with Crippen LogP contribution in [0.4, 0.5) is 0 Å². The van der Waals surface area contributed by atoms with Gasteiger partial charge in [-0.05, 0) is 23.3 Å². The van der Waals surface area contributed by atoms with Crippen LogP contribution in [0.15, 0.2) is 53.6 Å². The van der Waals surface area contributed by atoms with Crippen LogP contribution >= 0.6 is 0 Å². The molecule has 1 aliphatic rings. The minimum Gasteiger partial charge on any atom is -0.493 e. The number of carbonyl (C=O) groups excluding carboxylic acids is 2. The standard InChI is InChI=1S/C21H23N3O4/c1-27-18-10-8-16(12-19(18)28-2)13-22-21(26)17-9-11-20(25)24(23-17)14-15-6-4-3-5-7-15/h3-8,10,12H,9,11,13-14H2,1-2H3,(H,22,26). The van der Waals surface area contributed by atoms with Crippen molar-refractivity contribution in [2.75, 3.05) is 14.2 Å². The van der Waals surface area contributed by atoms with E-state index in [4.69, 9.17) is 9.47 Å². The van der Waals surface area contributed by atoms with Crippen LogP contribution in [0.3, 0.4) is 0 Å². The maximum absolute atomic E-state index is 12.5. The lowest BCUT2D eigenvalue weighted by atomic mass is 10.1. The smallest absolute Gasteiger partial charge is 0.267 e. The number of benzene rings is 2. The molecule has 3 rings (SSSR count). The molecule has 0 spiro atoms. The number of methoxy groups -OCH3 is 2. The van der Waals surface area contributed by atoms with Gasteiger partial charge in [0, 0.05) is 19.4 Å². The van der Waals surface area contributed by atoms with Gasteiger partial charge in [0.05, 0.1) is 20.8 Å². The van der Waals surface area contributed by atoms with Crippen LogP contribution in [0.5, 0.6) is 11.5 Å². The first-order valence-corrected chi connectivity index (χ1v) is 9.01. The first-order valence-electron chi connectivity index (χ1n) is 9.01. The number of hydrogen-bond acceptors (Lipinski definition) is 5. The second kappa shape index (κ2) is 9.03. The van der Waals surface area contributed by atoms with E-state index >= 15 is 0 Å². The molecule has 0 fully saturated rings. The molecule has 1 heterocycles. The van der Waals surface area contributed by atoms with Gasteiger partial charge in [-0.2, -0.15) is 5.10 Å². The Bertz CT molecular complexity index is 880. The molecule has 0 bridgehead atoms. The molecule has 0 atom stereocenters. The zero-order valence-corrected chi connectivity index (χ0v) is 16.0. The summed E-state index contributed by atoms with van der Waals surface area (Å²) >= 11 is 0. The SMILES string of the molecule is COc1ccc(CNC(=O)C2=NN(Cc3ccccc3)C(=O)CC2)cc1OC. The lowest BCUT2D eigenvalue weighted by Crippen LogP contribution is -2.38. The first kappa shape index (κ1) is 19.4. The molecular formula is C21H23N3O4. The fourth-order valence-electron chi connectivity index (χ4n) is 2.92. The van der Waals surface area contributed by atoms with E-state index in [1.54, 1.807) is 20.3 Å². The molecule has 0 aliphatic carbocycles. The summed E-state index contributed by atoms with van der Waals surface area (Å²) in [5.41, 5.74) is 2.20. The van der Waals surface area contributed by atoms with E-state index in [0.717, 1.165) is 11.1 Å². The van der Waals surface area contributed by atoms with Gasteiger partial charge in [-0.3, -0.25) is 9.59 Å². The quantitative estimate of drug-likeness (QED) is 0.799. The van der Waals surface area contributed by atoms with Crippen molar-refractivity contribution in [1.29, 1.82) is 0 Å². The Kier molecular flexibility index (Phi) is 6.26. The largest absolute Gasteiger partial charge is 0.493 e. The van der Waals surface area contributed by atoms with Crippen molar-refractivity contribution in [3.8, 4) is 11.5 Å². The summed E-state index contributed by atoms with van der Waals surface area (Å²) < 4.78 is 10.5. The van der Waals surface area contributed by atoms with Crippen molar-refractivity contribution in [1.82, 2.24) is 10.3 Å². The van der Waals surface area contributed by atoms with Crippen molar-refractivity contribution in [3.63, 3.8) is 0 Å². The fraction of sp³-hybridized carbons (Fsp3) is 0.286. The predicted octanol–water partition coefficient (Wildman–Crippen LogP) is 2.50. The maximum Gasteiger partial charge on any atom is 0.267 e. The number of ether oxygens (including phenoxy) is 2. The predicted molar refractivity (Wildman–Crippen MR) is 105 cm³/mol. The Balaban J connectivity index is 1.64. The Hall–Kier alpha value is -3.35. The van der Waals surface area contributed by atoms with Crippen LogP contribution < -0.4 is 14.8 Å². The molecule has 7 heteroatoms. The highest BCUT2D eigenvalue weighted by atomic mass is 16.5. The Labute approximate surface area is 163 Å². The molecule has 1 N–H and O–H groups in total. The molecule has 0 saturated carbocycles. The summed E-state index contributed by atoms with van der Waals surface area (Å²) in [4.78, 5) is 24.7. The molecule has 0 aromatic heterocycles. The molecule has 2 aromatic rings. The second-order valence-electron chi connectivity index (χ2n) is 6.36. The van der Waals surface area contributed by atoms with Gasteiger partial charge in [-0.15, -0.1) is 0 Å². The van der Waals surface area contributed by atoms with E-state index < -0.39 is 0 Å². The summed E-state index contributed by atoms with van der Waals surface area (Å²) in [6, 6.07) is 15.0. The number of hydrazone groups is 1. The van der Waals surface area contributed by atoms with Gasteiger partial charge in [0.25, 0.3) is 5.91 Å². The molecule has 28 heavy (non-hydrogen) atoms. The zero-order valence-electron chi connectivity index (χ0n) is 16.0. The molecule has 146 valence electrons. The van der Waals surface area contributed by atoms with Gasteiger partial charge in [0.15, 0.2) is 11.5 Å². The minimum atomic E-state index is -0.277. The number of amides is 2. The van der Waals surface area contributed by atoms with Crippen molar-refractivity contribution in [2.24, 2.45) is 5.10 Å². The third-order valence-corrected chi connectivity index (χ3v) is 4.44. The number of rotatable bonds is 7. The van der Waals surface area contributed by atoms with Crippen molar-refractivity contribution >= 4 is 17.5 Å². The third-order valence-electron chi connectivity index (χ3n) is 4.44. The molecule has 1 aliphatic heterocycles. The molecule has 2 amide bonds. The number of hydrogen-bond donors (Lipinski definition) is 1. The monoisotopic (exact) mass is 381 g/mol. The molecular weight excluding hydrogens is 358 g/mol. The van der Waals surface area contributed by atoms with Crippen molar-refractivity contribution in [2.45, 2.75) is 25.9 Å². The van der Waals surface area contributed by atoms with Gasteiger partial charge < -0.3 is 14.8 Å². The van der Waals surface area contributed by atoms with E-state index in [2.05, 4.69) is 10.4 Å². The lowest BCUT2D eigenvalue weighted by molar-refractivity contribution is -0.132. The average molecular weight is 381 g/mol. The average Bonchev–Trinajstić information content (AvgIpc) is 2.74. The van der Waals surface area contributed by atoms with Crippen molar-refractivity contribution < 1.29 is 19.1 Å². The summed E-state index contributed by atoms with van der Waals surface area (Å²) in [5, 5.41) is 8.49. The van der Waals surface area contributed by atoms with E-state index in [9.17, 15) is 9.59 Å². The van der Waals surface area contributed by atoms with E-state index in [1.165, 1.54) is 5.01 Å². The van der Waals surface area contributed by atoms with Crippen LogP contribution in [0, 0.1) is 0 Å². The highest BCUT2D eigenvalue weighted by Crippen LogP contribution is 2.27. The van der Waals surface area contributed by atoms with Gasteiger partial charge in [-0.25, -0.2) is 5.01 Å². The first-order chi connectivity index (χ1) is 13.6. The normalized spacial score (nSPS) is 13.7. The number of nitrogens with zero attached hydrogens (tertiary/aromatic N) is 2. The summed E-state index contributed by atoms with van der Waals surface area (Å²) in [6.07, 6.45) is 0.608. The summed E-state index contributed by atoms with van der Waals surface area (Å²) in [7, 11) is 3.14. The summed E-state index contributed by atoms with van der Waals surface area (Å²) in [6.45, 7) is 0.678. The molecule has 2 aromatic carbocycles. The molecule has 7 nitrogen and oxygen atoms in total. The van der Waals surface area contributed by atoms with Gasteiger partial charge in [0.1, 0.15) is 5.71 Å². The van der Waals surface area contributed by atoms with E-state index in [0.29, 0.717) is 36.7 Å². The van der Waals surface area contributed by atoms with E-state index in [-0.39, 0.29) is 18.2 Å². The van der Waals surface area contributed by atoms with Crippen LogP contribution in [0.1, 0.15) is 24.0 Å². The highest BCUT2D eigenvalue weighted by molar-refractivity contribution is 6.39. The topological polar surface area (TPSA) is 80.2 Å². The Morgan fingerprint density at radius 3 is 2.50 bits per heavy atom. The highest BCUT2D eigenvalue weighted by Gasteiger charge is 2.24. The van der Waals surface area contributed by atoms with Crippen LogP contribution in [-0.2, 0) is 22.7 Å². The third kappa shape index (κ3) is 4.68. The Morgan fingerprint density at radius 1 is 1.04 bits per heavy atom. The molecule has 0 radical (unpaired) electrons. The Morgan fingerprint density at radius 2 is 1.79 bits per heavy atom. The van der Waals surface area contributed by atoms with Crippen LogP contribution in [0.2, 0.25) is 0 Å². The van der Waals surface area contributed by atoms with E-state index in [1.807, 2.05) is 42.5 Å². The fourth-order valence-corrected chi connectivity index (χ4v) is 2.92. The molecule has 0 unspecified atom stereocenters.